The Hall–Kier alpha value is -0.520. The SMILES string of the molecule is C#CC(C)(CCO)CCO. The molecule has 0 aromatic carbocycles. The molecule has 0 saturated carbocycles. The number of hydrogen-bond acceptors (Lipinski definition) is 2. The summed E-state index contributed by atoms with van der Waals surface area (Å²) in [6.07, 6.45) is 6.33. The van der Waals surface area contributed by atoms with Gasteiger partial charge in [-0.1, -0.05) is 0 Å². The van der Waals surface area contributed by atoms with Crippen LogP contribution in [0.1, 0.15) is 19.8 Å². The van der Waals surface area contributed by atoms with Crippen LogP contribution in [-0.2, 0) is 0 Å². The summed E-state index contributed by atoms with van der Waals surface area (Å²) in [4.78, 5) is 0. The third-order valence-electron chi connectivity index (χ3n) is 1.68. The smallest absolute Gasteiger partial charge is 0.0445 e. The monoisotopic (exact) mass is 142 g/mol. The van der Waals surface area contributed by atoms with Crippen molar-refractivity contribution in [3.63, 3.8) is 0 Å². The highest BCUT2D eigenvalue weighted by Crippen LogP contribution is 2.23. The van der Waals surface area contributed by atoms with E-state index < -0.39 is 0 Å². The van der Waals surface area contributed by atoms with Crippen LogP contribution in [0.25, 0.3) is 0 Å². The number of hydrogen-bond donors (Lipinski definition) is 2. The molecule has 0 heterocycles. The van der Waals surface area contributed by atoms with Crippen LogP contribution in [0.15, 0.2) is 0 Å². The van der Waals surface area contributed by atoms with Crippen LogP contribution < -0.4 is 0 Å². The Kier molecular flexibility index (Phi) is 4.10. The van der Waals surface area contributed by atoms with Crippen molar-refractivity contribution in [1.82, 2.24) is 0 Å². The molecule has 0 saturated heterocycles. The van der Waals surface area contributed by atoms with E-state index in [4.69, 9.17) is 16.6 Å². The van der Waals surface area contributed by atoms with Crippen LogP contribution in [0.4, 0.5) is 0 Å². The van der Waals surface area contributed by atoms with Gasteiger partial charge in [-0.25, -0.2) is 0 Å². The molecule has 0 amide bonds. The van der Waals surface area contributed by atoms with Gasteiger partial charge in [0.05, 0.1) is 0 Å². The van der Waals surface area contributed by atoms with E-state index in [2.05, 4.69) is 5.92 Å². The van der Waals surface area contributed by atoms with Gasteiger partial charge in [0.25, 0.3) is 0 Å². The lowest BCUT2D eigenvalue weighted by Gasteiger charge is -2.20. The zero-order valence-electron chi connectivity index (χ0n) is 6.30. The maximum atomic E-state index is 8.58. The zero-order valence-corrected chi connectivity index (χ0v) is 6.30. The van der Waals surface area contributed by atoms with E-state index in [0.717, 1.165) is 0 Å². The number of aliphatic hydroxyl groups is 2. The minimum absolute atomic E-state index is 0.0840. The average molecular weight is 142 g/mol. The Bertz CT molecular complexity index is 118. The molecular weight excluding hydrogens is 128 g/mol. The van der Waals surface area contributed by atoms with E-state index in [1.54, 1.807) is 0 Å². The quantitative estimate of drug-likeness (QED) is 0.557. The third-order valence-corrected chi connectivity index (χ3v) is 1.68. The summed E-state index contributed by atoms with van der Waals surface area (Å²) in [6, 6.07) is 0. The van der Waals surface area contributed by atoms with Crippen molar-refractivity contribution in [2.45, 2.75) is 19.8 Å². The van der Waals surface area contributed by atoms with Crippen molar-refractivity contribution in [2.24, 2.45) is 5.41 Å². The molecule has 58 valence electrons. The lowest BCUT2D eigenvalue weighted by Crippen LogP contribution is -2.17. The lowest BCUT2D eigenvalue weighted by atomic mass is 9.85. The largest absolute Gasteiger partial charge is 0.396 e. The molecule has 0 unspecified atom stereocenters. The molecule has 0 atom stereocenters. The molecule has 0 spiro atoms. The summed E-state index contributed by atoms with van der Waals surface area (Å²) in [6.45, 7) is 2.03. The third kappa shape index (κ3) is 2.86. The molecule has 0 aromatic rings. The van der Waals surface area contributed by atoms with E-state index in [9.17, 15) is 0 Å². The summed E-state index contributed by atoms with van der Waals surface area (Å²) in [5.41, 5.74) is -0.330. The Morgan fingerprint density at radius 2 is 1.70 bits per heavy atom. The van der Waals surface area contributed by atoms with E-state index in [-0.39, 0.29) is 18.6 Å². The lowest BCUT2D eigenvalue weighted by molar-refractivity contribution is 0.190. The summed E-state index contributed by atoms with van der Waals surface area (Å²) in [5.74, 6) is 2.56. The van der Waals surface area contributed by atoms with Crippen LogP contribution in [0.5, 0.6) is 0 Å². The van der Waals surface area contributed by atoms with Crippen molar-refractivity contribution in [3.05, 3.63) is 0 Å². The van der Waals surface area contributed by atoms with Gasteiger partial charge in [0.15, 0.2) is 0 Å². The molecule has 0 radical (unpaired) electrons. The summed E-state index contributed by atoms with van der Waals surface area (Å²) in [7, 11) is 0. The zero-order chi connectivity index (χ0) is 8.04. The first kappa shape index (κ1) is 9.48. The van der Waals surface area contributed by atoms with E-state index in [1.165, 1.54) is 0 Å². The van der Waals surface area contributed by atoms with Crippen LogP contribution >= 0.6 is 0 Å². The molecule has 0 aliphatic heterocycles. The van der Waals surface area contributed by atoms with Crippen molar-refractivity contribution < 1.29 is 10.2 Å². The molecular formula is C8H14O2. The summed E-state index contributed by atoms with van der Waals surface area (Å²) >= 11 is 0. The number of terminal acetylenes is 1. The van der Waals surface area contributed by atoms with Crippen molar-refractivity contribution in [3.8, 4) is 12.3 Å². The maximum absolute atomic E-state index is 8.58. The van der Waals surface area contributed by atoms with Crippen molar-refractivity contribution >= 4 is 0 Å². The highest BCUT2D eigenvalue weighted by molar-refractivity contribution is 5.02. The molecule has 2 N–H and O–H groups in total. The van der Waals surface area contributed by atoms with Gasteiger partial charge in [-0.2, -0.15) is 0 Å². The Morgan fingerprint density at radius 1 is 1.30 bits per heavy atom. The Labute approximate surface area is 61.9 Å². The second kappa shape index (κ2) is 4.32. The van der Waals surface area contributed by atoms with Gasteiger partial charge < -0.3 is 10.2 Å². The number of aliphatic hydroxyl groups excluding tert-OH is 2. The van der Waals surface area contributed by atoms with Crippen LogP contribution in [-0.4, -0.2) is 23.4 Å². The molecule has 0 aliphatic rings. The van der Waals surface area contributed by atoms with Crippen LogP contribution in [0, 0.1) is 17.8 Å². The van der Waals surface area contributed by atoms with E-state index in [1.807, 2.05) is 6.92 Å². The Morgan fingerprint density at radius 3 is 1.90 bits per heavy atom. The molecule has 0 bridgehead atoms. The molecule has 0 aromatic heterocycles. The van der Waals surface area contributed by atoms with Gasteiger partial charge in [-0.05, 0) is 19.8 Å². The minimum atomic E-state index is -0.330. The highest BCUT2D eigenvalue weighted by atomic mass is 16.3. The molecule has 2 nitrogen and oxygen atoms in total. The highest BCUT2D eigenvalue weighted by Gasteiger charge is 2.19. The van der Waals surface area contributed by atoms with Gasteiger partial charge in [0.2, 0.25) is 0 Å². The predicted octanol–water partition coefficient (Wildman–Crippen LogP) is 0.391. The summed E-state index contributed by atoms with van der Waals surface area (Å²) in [5, 5.41) is 17.2. The van der Waals surface area contributed by atoms with Gasteiger partial charge in [0.1, 0.15) is 0 Å². The molecule has 10 heavy (non-hydrogen) atoms. The van der Waals surface area contributed by atoms with Gasteiger partial charge in [-0.15, -0.1) is 12.3 Å². The molecule has 0 fully saturated rings. The summed E-state index contributed by atoms with van der Waals surface area (Å²) < 4.78 is 0. The maximum Gasteiger partial charge on any atom is 0.0445 e. The fourth-order valence-corrected chi connectivity index (χ4v) is 0.763. The molecule has 0 rings (SSSR count). The van der Waals surface area contributed by atoms with Crippen molar-refractivity contribution in [1.29, 1.82) is 0 Å². The van der Waals surface area contributed by atoms with Gasteiger partial charge >= 0.3 is 0 Å². The Balaban J connectivity index is 3.85. The average Bonchev–Trinajstić information content (AvgIpc) is 1.89. The molecule has 2 heteroatoms. The molecule has 0 aliphatic carbocycles. The van der Waals surface area contributed by atoms with Crippen LogP contribution in [0.2, 0.25) is 0 Å². The van der Waals surface area contributed by atoms with Crippen LogP contribution in [0.3, 0.4) is 0 Å². The van der Waals surface area contributed by atoms with Crippen molar-refractivity contribution in [2.75, 3.05) is 13.2 Å². The van der Waals surface area contributed by atoms with E-state index >= 15 is 0 Å². The van der Waals surface area contributed by atoms with Gasteiger partial charge in [-0.3, -0.25) is 0 Å². The minimum Gasteiger partial charge on any atom is -0.396 e. The predicted molar refractivity (Wildman–Crippen MR) is 40.3 cm³/mol. The first-order chi connectivity index (χ1) is 4.68. The van der Waals surface area contributed by atoms with E-state index in [0.29, 0.717) is 12.8 Å². The fraction of sp³-hybridized carbons (Fsp3) is 0.750. The van der Waals surface area contributed by atoms with Gasteiger partial charge in [0, 0.05) is 18.6 Å². The second-order valence-electron chi connectivity index (χ2n) is 2.65. The normalized spacial score (nSPS) is 11.0. The first-order valence-electron chi connectivity index (χ1n) is 3.38. The topological polar surface area (TPSA) is 40.5 Å². The second-order valence-corrected chi connectivity index (χ2v) is 2.65. The fourth-order valence-electron chi connectivity index (χ4n) is 0.763. The first-order valence-corrected chi connectivity index (χ1v) is 3.38. The standard InChI is InChI=1S/C8H14O2/c1-3-8(2,4-6-9)5-7-10/h1,9-10H,4-7H2,2H3. The number of rotatable bonds is 4.